The molecule has 1 aromatic rings. The van der Waals surface area contributed by atoms with Gasteiger partial charge in [-0.2, -0.15) is 11.8 Å². The molecule has 0 radical (unpaired) electrons. The highest BCUT2D eigenvalue weighted by molar-refractivity contribution is 7.98. The van der Waals surface area contributed by atoms with Crippen LogP contribution in [0.25, 0.3) is 0 Å². The zero-order valence-electron chi connectivity index (χ0n) is 19.9. The van der Waals surface area contributed by atoms with Crippen LogP contribution in [-0.4, -0.2) is 72.8 Å². The molecule has 11 nitrogen and oxygen atoms in total. The molecule has 0 saturated carbocycles. The zero-order chi connectivity index (χ0) is 25.6. The number of rotatable bonds is 3. The number of alkyl carbamates (subject to hydrolysis) is 1. The van der Waals surface area contributed by atoms with Gasteiger partial charge in [-0.05, 0) is 33.8 Å². The second kappa shape index (κ2) is 11.3. The Hall–Kier alpha value is -3.15. The largest absolute Gasteiger partial charge is 0.507 e. The summed E-state index contributed by atoms with van der Waals surface area (Å²) in [4.78, 5) is 50.7. The fourth-order valence-electron chi connectivity index (χ4n) is 3.06. The average molecular weight is 499 g/mol. The second-order valence-electron chi connectivity index (χ2n) is 8.51. The first-order chi connectivity index (χ1) is 15.9. The maximum atomic E-state index is 13.0. The summed E-state index contributed by atoms with van der Waals surface area (Å²) >= 11 is 1.18. The van der Waals surface area contributed by atoms with Crippen molar-refractivity contribution in [2.24, 2.45) is 0 Å². The van der Waals surface area contributed by atoms with Crippen LogP contribution in [0.1, 0.15) is 43.6 Å². The predicted octanol–water partition coefficient (Wildman–Crippen LogP) is 1.74. The van der Waals surface area contributed by atoms with Gasteiger partial charge in [0.25, 0.3) is 0 Å². The van der Waals surface area contributed by atoms with Gasteiger partial charge >= 0.3 is 18.0 Å². The van der Waals surface area contributed by atoms with Crippen LogP contribution < -0.4 is 15.4 Å². The Kier molecular flexibility index (Phi) is 9.02. The van der Waals surface area contributed by atoms with Crippen LogP contribution in [0.4, 0.5) is 4.79 Å². The van der Waals surface area contributed by atoms with Crippen molar-refractivity contribution in [2.45, 2.75) is 57.2 Å². The smallest absolute Gasteiger partial charge is 0.408 e. The standard InChI is InChI=1S/C22H30N2O9S/c1-11-17(24-21(29)33-22(2,3)4)18(26)23-15(20(28)31-6)10-34-9-14-13(19(27)32-11)7-12(30-5)8-16(14)25/h7-8,11,15,17,25H,9-10H2,1-6H3,(H,23,26)(H,24,29)/t11-,15+,17-/m1/s1. The number of nitrogens with one attached hydrogen (secondary N) is 2. The number of methoxy groups -OCH3 is 2. The number of cyclic esters (lactones) is 1. The molecular formula is C22H30N2O9S. The average Bonchev–Trinajstić information content (AvgIpc) is 2.74. The number of aromatic hydroxyl groups is 1. The summed E-state index contributed by atoms with van der Waals surface area (Å²) < 4.78 is 20.6. The van der Waals surface area contributed by atoms with E-state index in [1.54, 1.807) is 20.8 Å². The van der Waals surface area contributed by atoms with Crippen LogP contribution in [0.5, 0.6) is 11.5 Å². The van der Waals surface area contributed by atoms with Crippen molar-refractivity contribution in [3.63, 3.8) is 0 Å². The number of benzene rings is 1. The van der Waals surface area contributed by atoms with Crippen molar-refractivity contribution in [2.75, 3.05) is 20.0 Å². The van der Waals surface area contributed by atoms with Gasteiger partial charge in [-0.25, -0.2) is 14.4 Å². The Morgan fingerprint density at radius 1 is 1.24 bits per heavy atom. The van der Waals surface area contributed by atoms with Gasteiger partial charge < -0.3 is 34.7 Å². The van der Waals surface area contributed by atoms with E-state index in [4.69, 9.17) is 18.9 Å². The summed E-state index contributed by atoms with van der Waals surface area (Å²) in [6, 6.07) is 0.313. The quantitative estimate of drug-likeness (QED) is 0.415. The van der Waals surface area contributed by atoms with E-state index < -0.39 is 47.7 Å². The van der Waals surface area contributed by atoms with Crippen molar-refractivity contribution in [1.29, 1.82) is 0 Å². The monoisotopic (exact) mass is 498 g/mol. The van der Waals surface area contributed by atoms with Gasteiger partial charge in [0.15, 0.2) is 0 Å². The summed E-state index contributed by atoms with van der Waals surface area (Å²) in [5.41, 5.74) is -0.539. The number of hydrogen-bond donors (Lipinski definition) is 3. The molecule has 0 bridgehead atoms. The van der Waals surface area contributed by atoms with E-state index >= 15 is 0 Å². The van der Waals surface area contributed by atoms with E-state index in [9.17, 15) is 24.3 Å². The highest BCUT2D eigenvalue weighted by atomic mass is 32.2. The van der Waals surface area contributed by atoms with E-state index in [2.05, 4.69) is 10.6 Å². The molecule has 0 aromatic heterocycles. The van der Waals surface area contributed by atoms with Crippen molar-refractivity contribution in [3.8, 4) is 11.5 Å². The molecule has 3 N–H and O–H groups in total. The van der Waals surface area contributed by atoms with Crippen LogP contribution in [0, 0.1) is 0 Å². The number of hydrogen-bond acceptors (Lipinski definition) is 10. The molecule has 0 aliphatic carbocycles. The SMILES string of the molecule is COC(=O)[C@@H]1CSCc2c(O)cc(OC)cc2C(=O)O[C@H](C)[C@@H](NC(=O)OC(C)(C)C)C(=O)N1. The molecule has 0 saturated heterocycles. The Bertz CT molecular complexity index is 945. The Balaban J connectivity index is 2.47. The van der Waals surface area contributed by atoms with Gasteiger partial charge in [0, 0.05) is 23.1 Å². The Morgan fingerprint density at radius 2 is 1.91 bits per heavy atom. The van der Waals surface area contributed by atoms with Crippen LogP contribution in [0.15, 0.2) is 12.1 Å². The topological polar surface area (TPSA) is 149 Å². The molecule has 1 aliphatic heterocycles. The Labute approximate surface area is 201 Å². The molecule has 2 rings (SSSR count). The van der Waals surface area contributed by atoms with Gasteiger partial charge in [0.2, 0.25) is 5.91 Å². The molecule has 1 heterocycles. The second-order valence-corrected chi connectivity index (χ2v) is 9.54. The summed E-state index contributed by atoms with van der Waals surface area (Å²) in [6.07, 6.45) is -2.09. The van der Waals surface area contributed by atoms with Gasteiger partial charge in [0.05, 0.1) is 19.8 Å². The van der Waals surface area contributed by atoms with Crippen molar-refractivity contribution < 1.29 is 43.2 Å². The fraction of sp³-hybridized carbons (Fsp3) is 0.545. The minimum atomic E-state index is -1.39. The number of ether oxygens (including phenoxy) is 4. The first kappa shape index (κ1) is 27.1. The summed E-state index contributed by atoms with van der Waals surface area (Å²) in [5.74, 6) is -2.04. The van der Waals surface area contributed by atoms with E-state index in [0.29, 0.717) is 0 Å². The van der Waals surface area contributed by atoms with Crippen molar-refractivity contribution in [3.05, 3.63) is 23.3 Å². The van der Waals surface area contributed by atoms with Crippen LogP contribution in [0.3, 0.4) is 0 Å². The molecule has 3 atom stereocenters. The number of phenolic OH excluding ortho intramolecular Hbond substituents is 1. The third kappa shape index (κ3) is 7.17. The predicted molar refractivity (Wildman–Crippen MR) is 123 cm³/mol. The van der Waals surface area contributed by atoms with Crippen LogP contribution >= 0.6 is 11.8 Å². The summed E-state index contributed by atoms with van der Waals surface area (Å²) in [5, 5.41) is 15.4. The van der Waals surface area contributed by atoms with E-state index in [0.717, 1.165) is 0 Å². The molecular weight excluding hydrogens is 468 g/mol. The highest BCUT2D eigenvalue weighted by Crippen LogP contribution is 2.32. The van der Waals surface area contributed by atoms with E-state index in [1.165, 1.54) is 45.0 Å². The molecule has 188 valence electrons. The lowest BCUT2D eigenvalue weighted by molar-refractivity contribution is -0.145. The van der Waals surface area contributed by atoms with Gasteiger partial charge in [-0.15, -0.1) is 0 Å². The number of carbonyl (C=O) groups excluding carboxylic acids is 4. The molecule has 12 heteroatoms. The maximum Gasteiger partial charge on any atom is 0.408 e. The molecule has 0 fully saturated rings. The zero-order valence-corrected chi connectivity index (χ0v) is 20.7. The van der Waals surface area contributed by atoms with E-state index in [-0.39, 0.29) is 34.1 Å². The first-order valence-electron chi connectivity index (χ1n) is 10.4. The van der Waals surface area contributed by atoms with Gasteiger partial charge in [-0.3, -0.25) is 4.79 Å². The van der Waals surface area contributed by atoms with Crippen molar-refractivity contribution >= 4 is 35.7 Å². The van der Waals surface area contributed by atoms with Gasteiger partial charge in [-0.1, -0.05) is 0 Å². The number of carbonyl (C=O) groups is 4. The fourth-order valence-corrected chi connectivity index (χ4v) is 4.15. The molecule has 0 unspecified atom stereocenters. The van der Waals surface area contributed by atoms with Crippen LogP contribution in [0.2, 0.25) is 0 Å². The summed E-state index contributed by atoms with van der Waals surface area (Å²) in [6.45, 7) is 6.36. The molecule has 0 spiro atoms. The maximum absolute atomic E-state index is 13.0. The summed E-state index contributed by atoms with van der Waals surface area (Å²) in [7, 11) is 2.56. The first-order valence-corrected chi connectivity index (χ1v) is 11.6. The molecule has 1 aliphatic rings. The lowest BCUT2D eigenvalue weighted by atomic mass is 10.1. The number of esters is 2. The minimum Gasteiger partial charge on any atom is -0.507 e. The lowest BCUT2D eigenvalue weighted by Crippen LogP contribution is -2.57. The van der Waals surface area contributed by atoms with E-state index in [1.807, 2.05) is 0 Å². The highest BCUT2D eigenvalue weighted by Gasteiger charge is 2.35. The number of amides is 2. The lowest BCUT2D eigenvalue weighted by Gasteiger charge is -2.28. The van der Waals surface area contributed by atoms with Gasteiger partial charge in [0.1, 0.15) is 35.3 Å². The Morgan fingerprint density at radius 3 is 2.50 bits per heavy atom. The third-order valence-electron chi connectivity index (χ3n) is 4.71. The minimum absolute atomic E-state index is 0.0304. The van der Waals surface area contributed by atoms with Crippen molar-refractivity contribution in [1.82, 2.24) is 10.6 Å². The molecule has 2 amide bonds. The number of thioether (sulfide) groups is 1. The number of phenols is 1. The normalized spacial score (nSPS) is 21.5. The molecule has 34 heavy (non-hydrogen) atoms. The van der Waals surface area contributed by atoms with Crippen LogP contribution in [-0.2, 0) is 29.6 Å². The number of fused-ring (bicyclic) bond motifs is 1. The third-order valence-corrected chi connectivity index (χ3v) is 5.77. The molecule has 1 aromatic carbocycles.